The number of pyridine rings is 1. The first-order valence-corrected chi connectivity index (χ1v) is 7.58. The van der Waals surface area contributed by atoms with Crippen LogP contribution >= 0.6 is 11.3 Å². The number of nitrogens with zero attached hydrogens (tertiary/aromatic N) is 2. The van der Waals surface area contributed by atoms with E-state index in [0.717, 1.165) is 30.9 Å². The first-order valence-electron chi connectivity index (χ1n) is 6.76. The lowest BCUT2D eigenvalue weighted by Gasteiger charge is -2.04. The second-order valence-corrected chi connectivity index (χ2v) is 5.74. The zero-order valence-electron chi connectivity index (χ0n) is 11.3. The van der Waals surface area contributed by atoms with E-state index in [0.29, 0.717) is 10.7 Å². The van der Waals surface area contributed by atoms with Gasteiger partial charge in [0, 0.05) is 17.6 Å². The lowest BCUT2D eigenvalue weighted by Crippen LogP contribution is -2.12. The maximum Gasteiger partial charge on any atom is 0.259 e. The van der Waals surface area contributed by atoms with Gasteiger partial charge in [0.2, 0.25) is 0 Å². The maximum absolute atomic E-state index is 12.1. The number of nitrogens with one attached hydrogen (secondary N) is 2. The van der Waals surface area contributed by atoms with E-state index in [1.54, 1.807) is 29.7 Å². The van der Waals surface area contributed by atoms with E-state index in [1.165, 1.54) is 11.3 Å². The summed E-state index contributed by atoms with van der Waals surface area (Å²) in [6.07, 6.45) is 4.87. The number of rotatable bonds is 4. The molecule has 2 heterocycles. The molecule has 104 valence electrons. The van der Waals surface area contributed by atoms with Crippen molar-refractivity contribution in [1.82, 2.24) is 9.97 Å². The number of anilines is 2. The van der Waals surface area contributed by atoms with Crippen LogP contribution in [-0.4, -0.2) is 22.4 Å². The topological polar surface area (TPSA) is 66.9 Å². The Morgan fingerprint density at radius 2 is 2.30 bits per heavy atom. The van der Waals surface area contributed by atoms with Gasteiger partial charge in [0.1, 0.15) is 5.82 Å². The van der Waals surface area contributed by atoms with Gasteiger partial charge in [0.25, 0.3) is 5.91 Å². The largest absolute Gasteiger partial charge is 0.370 e. The molecule has 1 aliphatic carbocycles. The van der Waals surface area contributed by atoms with Gasteiger partial charge in [-0.1, -0.05) is 0 Å². The molecule has 6 heteroatoms. The van der Waals surface area contributed by atoms with Gasteiger partial charge in [-0.05, 0) is 38.3 Å². The van der Waals surface area contributed by atoms with Crippen molar-refractivity contribution >= 4 is 28.2 Å². The first-order chi connectivity index (χ1) is 9.76. The van der Waals surface area contributed by atoms with E-state index in [-0.39, 0.29) is 5.91 Å². The van der Waals surface area contributed by atoms with Crippen molar-refractivity contribution in [2.24, 2.45) is 0 Å². The van der Waals surface area contributed by atoms with Crippen molar-refractivity contribution in [3.63, 3.8) is 0 Å². The third-order valence-electron chi connectivity index (χ3n) is 3.20. The van der Waals surface area contributed by atoms with Gasteiger partial charge in [-0.2, -0.15) is 0 Å². The number of thiazole rings is 1. The Morgan fingerprint density at radius 3 is 3.00 bits per heavy atom. The third kappa shape index (κ3) is 2.65. The smallest absolute Gasteiger partial charge is 0.259 e. The van der Waals surface area contributed by atoms with Crippen LogP contribution in [0.1, 0.15) is 34.3 Å². The predicted octanol–water partition coefficient (Wildman–Crippen LogP) is 2.71. The molecule has 2 N–H and O–H groups in total. The van der Waals surface area contributed by atoms with Gasteiger partial charge in [-0.25, -0.2) is 9.97 Å². The van der Waals surface area contributed by atoms with Crippen molar-refractivity contribution in [2.45, 2.75) is 26.2 Å². The molecule has 0 atom stereocenters. The summed E-state index contributed by atoms with van der Waals surface area (Å²) in [6.45, 7) is 2.81. The number of carbonyl (C=O) groups is 1. The van der Waals surface area contributed by atoms with Crippen molar-refractivity contribution in [1.29, 1.82) is 0 Å². The number of hydrogen-bond acceptors (Lipinski definition) is 5. The van der Waals surface area contributed by atoms with Crippen LogP contribution in [0.15, 0.2) is 18.3 Å². The molecule has 0 spiro atoms. The molecule has 0 fully saturated rings. The predicted molar refractivity (Wildman–Crippen MR) is 80.5 cm³/mol. The van der Waals surface area contributed by atoms with E-state index in [4.69, 9.17) is 0 Å². The Labute approximate surface area is 121 Å². The zero-order valence-corrected chi connectivity index (χ0v) is 12.1. The van der Waals surface area contributed by atoms with Gasteiger partial charge in [0.05, 0.1) is 11.3 Å². The summed E-state index contributed by atoms with van der Waals surface area (Å²) in [6, 6.07) is 3.57. The van der Waals surface area contributed by atoms with Gasteiger partial charge < -0.3 is 5.32 Å². The van der Waals surface area contributed by atoms with Gasteiger partial charge in [-0.15, -0.1) is 11.3 Å². The summed E-state index contributed by atoms with van der Waals surface area (Å²) in [5.74, 6) is 0.616. The molecule has 0 aliphatic heterocycles. The fraction of sp³-hybridized carbons (Fsp3) is 0.357. The van der Waals surface area contributed by atoms with E-state index < -0.39 is 0 Å². The van der Waals surface area contributed by atoms with Crippen LogP contribution in [0.2, 0.25) is 0 Å². The molecule has 0 radical (unpaired) electrons. The van der Waals surface area contributed by atoms with Crippen LogP contribution < -0.4 is 10.6 Å². The SMILES string of the molecule is CCNc1ccc(C(=O)Nc2nc3c(s2)CCC3)cn1. The number of aryl methyl sites for hydroxylation is 2. The normalized spacial score (nSPS) is 13.1. The highest BCUT2D eigenvalue weighted by Crippen LogP contribution is 2.30. The highest BCUT2D eigenvalue weighted by molar-refractivity contribution is 7.15. The Bertz CT molecular complexity index is 599. The number of aromatic nitrogens is 2. The van der Waals surface area contributed by atoms with Crippen molar-refractivity contribution in [3.05, 3.63) is 34.5 Å². The molecule has 0 unspecified atom stereocenters. The molecule has 0 saturated heterocycles. The van der Waals surface area contributed by atoms with E-state index in [2.05, 4.69) is 20.6 Å². The summed E-state index contributed by atoms with van der Waals surface area (Å²) >= 11 is 1.58. The van der Waals surface area contributed by atoms with Gasteiger partial charge in [-0.3, -0.25) is 10.1 Å². The summed E-state index contributed by atoms with van der Waals surface area (Å²) in [5.41, 5.74) is 1.69. The fourth-order valence-electron chi connectivity index (χ4n) is 2.23. The lowest BCUT2D eigenvalue weighted by atomic mass is 10.2. The molecular formula is C14H16N4OS. The second kappa shape index (κ2) is 5.58. The highest BCUT2D eigenvalue weighted by Gasteiger charge is 2.18. The highest BCUT2D eigenvalue weighted by atomic mass is 32.1. The van der Waals surface area contributed by atoms with Crippen LogP contribution in [-0.2, 0) is 12.8 Å². The average molecular weight is 288 g/mol. The Balaban J connectivity index is 1.68. The summed E-state index contributed by atoms with van der Waals surface area (Å²) in [4.78, 5) is 22.1. The molecule has 1 aliphatic rings. The fourth-order valence-corrected chi connectivity index (χ4v) is 3.27. The minimum atomic E-state index is -0.159. The molecule has 3 rings (SSSR count). The van der Waals surface area contributed by atoms with E-state index >= 15 is 0 Å². The van der Waals surface area contributed by atoms with Crippen LogP contribution in [0.5, 0.6) is 0 Å². The molecule has 1 amide bonds. The quantitative estimate of drug-likeness (QED) is 0.907. The molecule has 0 aromatic carbocycles. The van der Waals surface area contributed by atoms with Crippen molar-refractivity contribution < 1.29 is 4.79 Å². The number of fused-ring (bicyclic) bond motifs is 1. The van der Waals surface area contributed by atoms with E-state index in [1.807, 2.05) is 6.92 Å². The molecule has 5 nitrogen and oxygen atoms in total. The van der Waals surface area contributed by atoms with Crippen molar-refractivity contribution in [3.8, 4) is 0 Å². The molecular weight excluding hydrogens is 272 g/mol. The minimum Gasteiger partial charge on any atom is -0.370 e. The van der Waals surface area contributed by atoms with Crippen LogP contribution in [0.3, 0.4) is 0 Å². The second-order valence-electron chi connectivity index (χ2n) is 4.66. The lowest BCUT2D eigenvalue weighted by molar-refractivity contribution is 0.102. The number of carbonyl (C=O) groups excluding carboxylic acids is 1. The Hall–Kier alpha value is -1.95. The van der Waals surface area contributed by atoms with Gasteiger partial charge in [0.15, 0.2) is 5.13 Å². The third-order valence-corrected chi connectivity index (χ3v) is 4.27. The molecule has 0 saturated carbocycles. The monoisotopic (exact) mass is 288 g/mol. The molecule has 2 aromatic heterocycles. The van der Waals surface area contributed by atoms with Crippen LogP contribution in [0, 0.1) is 0 Å². The zero-order chi connectivity index (χ0) is 13.9. The standard InChI is InChI=1S/C14H16N4OS/c1-2-15-12-7-6-9(8-16-12)13(19)18-14-17-10-4-3-5-11(10)20-14/h6-8H,2-5H2,1H3,(H,15,16)(H,17,18,19). The first kappa shape index (κ1) is 13.1. The summed E-state index contributed by atoms with van der Waals surface area (Å²) < 4.78 is 0. The number of hydrogen-bond donors (Lipinski definition) is 2. The maximum atomic E-state index is 12.1. The number of amides is 1. The van der Waals surface area contributed by atoms with Crippen LogP contribution in [0.4, 0.5) is 10.9 Å². The average Bonchev–Trinajstić information content (AvgIpc) is 3.01. The van der Waals surface area contributed by atoms with Gasteiger partial charge >= 0.3 is 0 Å². The minimum absolute atomic E-state index is 0.159. The van der Waals surface area contributed by atoms with Crippen LogP contribution in [0.25, 0.3) is 0 Å². The summed E-state index contributed by atoms with van der Waals surface area (Å²) in [7, 11) is 0. The molecule has 0 bridgehead atoms. The molecule has 20 heavy (non-hydrogen) atoms. The Kier molecular flexibility index (Phi) is 3.64. The molecule has 2 aromatic rings. The Morgan fingerprint density at radius 1 is 1.40 bits per heavy atom. The van der Waals surface area contributed by atoms with Crippen molar-refractivity contribution in [2.75, 3.05) is 17.2 Å². The van der Waals surface area contributed by atoms with E-state index in [9.17, 15) is 4.79 Å². The summed E-state index contributed by atoms with van der Waals surface area (Å²) in [5, 5.41) is 6.63.